The van der Waals surface area contributed by atoms with E-state index < -0.39 is 0 Å². The normalized spacial score (nSPS) is 11.6. The first-order valence-electron chi connectivity index (χ1n) is 7.03. The van der Waals surface area contributed by atoms with Gasteiger partial charge in [0.1, 0.15) is 0 Å². The van der Waals surface area contributed by atoms with E-state index in [2.05, 4.69) is 53.8 Å². The van der Waals surface area contributed by atoms with Crippen molar-refractivity contribution in [1.29, 1.82) is 0 Å². The highest BCUT2D eigenvalue weighted by Gasteiger charge is 2.06. The molecular formula is C15H24N4. The van der Waals surface area contributed by atoms with Crippen molar-refractivity contribution in [3.8, 4) is 0 Å². The maximum atomic E-state index is 4.57. The lowest BCUT2D eigenvalue weighted by molar-refractivity contribution is 0.545. The summed E-state index contributed by atoms with van der Waals surface area (Å²) in [5.41, 5.74) is 2.33. The summed E-state index contributed by atoms with van der Waals surface area (Å²) < 4.78 is 1.95. The Balaban J connectivity index is 1.82. The number of hydrogen-bond donors (Lipinski definition) is 2. The average Bonchev–Trinajstić information content (AvgIpc) is 2.71. The molecule has 2 N–H and O–H groups in total. The van der Waals surface area contributed by atoms with Crippen molar-refractivity contribution in [2.75, 3.05) is 13.1 Å². The van der Waals surface area contributed by atoms with Crippen molar-refractivity contribution in [2.24, 2.45) is 7.05 Å². The number of fused-ring (bicyclic) bond motifs is 1. The zero-order valence-corrected chi connectivity index (χ0v) is 12.1. The molecule has 2 aromatic rings. The van der Waals surface area contributed by atoms with Crippen LogP contribution in [0.4, 0.5) is 0 Å². The van der Waals surface area contributed by atoms with Crippen LogP contribution in [0.1, 0.15) is 26.0 Å². The van der Waals surface area contributed by atoms with Gasteiger partial charge in [-0.1, -0.05) is 32.0 Å². The summed E-state index contributed by atoms with van der Waals surface area (Å²) >= 11 is 0. The minimum Gasteiger partial charge on any atom is -0.314 e. The Morgan fingerprint density at radius 3 is 2.79 bits per heavy atom. The molecule has 4 heteroatoms. The molecule has 0 aliphatic heterocycles. The first-order valence-corrected chi connectivity index (χ1v) is 7.03. The molecule has 0 saturated carbocycles. The second-order valence-electron chi connectivity index (χ2n) is 5.23. The standard InChI is InChI=1S/C15H24N4/c1-12(2)17-10-6-9-16-11-14-13-7-4-5-8-15(13)19(3)18-14/h4-5,7-8,12,16-17H,6,9-11H2,1-3H3. The summed E-state index contributed by atoms with van der Waals surface area (Å²) in [6, 6.07) is 8.94. The molecule has 0 bridgehead atoms. The smallest absolute Gasteiger partial charge is 0.0841 e. The predicted molar refractivity (Wildman–Crippen MR) is 80.2 cm³/mol. The van der Waals surface area contributed by atoms with Crippen LogP contribution in [0.2, 0.25) is 0 Å². The van der Waals surface area contributed by atoms with Gasteiger partial charge in [0.15, 0.2) is 0 Å². The number of aryl methyl sites for hydroxylation is 1. The molecule has 0 fully saturated rings. The van der Waals surface area contributed by atoms with Crippen molar-refractivity contribution in [1.82, 2.24) is 20.4 Å². The zero-order valence-electron chi connectivity index (χ0n) is 12.1. The van der Waals surface area contributed by atoms with Crippen molar-refractivity contribution in [3.63, 3.8) is 0 Å². The summed E-state index contributed by atoms with van der Waals surface area (Å²) in [5, 5.41) is 12.7. The van der Waals surface area contributed by atoms with Crippen LogP contribution in [0.5, 0.6) is 0 Å². The molecular weight excluding hydrogens is 236 g/mol. The Hall–Kier alpha value is -1.39. The minimum atomic E-state index is 0.569. The Labute approximate surface area is 115 Å². The lowest BCUT2D eigenvalue weighted by atomic mass is 10.2. The molecule has 0 unspecified atom stereocenters. The molecule has 0 aliphatic rings. The van der Waals surface area contributed by atoms with E-state index in [0.717, 1.165) is 31.7 Å². The molecule has 1 aromatic carbocycles. The Morgan fingerprint density at radius 1 is 1.21 bits per heavy atom. The first-order chi connectivity index (χ1) is 9.18. The third-order valence-corrected chi connectivity index (χ3v) is 3.21. The van der Waals surface area contributed by atoms with Crippen LogP contribution in [0.15, 0.2) is 24.3 Å². The average molecular weight is 260 g/mol. The van der Waals surface area contributed by atoms with E-state index in [1.807, 2.05) is 11.7 Å². The van der Waals surface area contributed by atoms with E-state index in [1.54, 1.807) is 0 Å². The van der Waals surface area contributed by atoms with Crippen LogP contribution < -0.4 is 10.6 Å². The summed E-state index contributed by atoms with van der Waals surface area (Å²) in [6.07, 6.45) is 1.14. The Kier molecular flexibility index (Phi) is 4.93. The number of benzene rings is 1. The van der Waals surface area contributed by atoms with E-state index in [0.29, 0.717) is 6.04 Å². The van der Waals surface area contributed by atoms with Crippen molar-refractivity contribution >= 4 is 10.9 Å². The number of rotatable bonds is 7. The number of aromatic nitrogens is 2. The quantitative estimate of drug-likeness (QED) is 0.749. The molecule has 0 saturated heterocycles. The van der Waals surface area contributed by atoms with Gasteiger partial charge < -0.3 is 10.6 Å². The topological polar surface area (TPSA) is 41.9 Å². The van der Waals surface area contributed by atoms with E-state index in [4.69, 9.17) is 0 Å². The Bertz CT molecular complexity index is 516. The highest BCUT2D eigenvalue weighted by molar-refractivity contribution is 5.81. The van der Waals surface area contributed by atoms with Gasteiger partial charge >= 0.3 is 0 Å². The number of para-hydroxylation sites is 1. The van der Waals surface area contributed by atoms with Gasteiger partial charge in [-0.2, -0.15) is 5.10 Å². The maximum Gasteiger partial charge on any atom is 0.0841 e. The van der Waals surface area contributed by atoms with E-state index >= 15 is 0 Å². The van der Waals surface area contributed by atoms with Crippen molar-refractivity contribution in [2.45, 2.75) is 32.9 Å². The maximum absolute atomic E-state index is 4.57. The van der Waals surface area contributed by atoms with Gasteiger partial charge in [0.2, 0.25) is 0 Å². The largest absolute Gasteiger partial charge is 0.314 e. The van der Waals surface area contributed by atoms with Crippen LogP contribution in [0.25, 0.3) is 10.9 Å². The molecule has 2 rings (SSSR count). The fraction of sp³-hybridized carbons (Fsp3) is 0.533. The summed E-state index contributed by atoms with van der Waals surface area (Å²) in [4.78, 5) is 0. The van der Waals surface area contributed by atoms with Crippen molar-refractivity contribution < 1.29 is 0 Å². The lowest BCUT2D eigenvalue weighted by Crippen LogP contribution is -2.26. The molecule has 0 spiro atoms. The molecule has 104 valence electrons. The summed E-state index contributed by atoms with van der Waals surface area (Å²) in [6.45, 7) is 7.27. The van der Waals surface area contributed by atoms with Gasteiger partial charge in [-0.3, -0.25) is 4.68 Å². The predicted octanol–water partition coefficient (Wildman–Crippen LogP) is 2.05. The van der Waals surface area contributed by atoms with Crippen LogP contribution in [0, 0.1) is 0 Å². The third-order valence-electron chi connectivity index (χ3n) is 3.21. The second-order valence-corrected chi connectivity index (χ2v) is 5.23. The van der Waals surface area contributed by atoms with Crippen LogP contribution in [-0.4, -0.2) is 28.9 Å². The van der Waals surface area contributed by atoms with E-state index in [-0.39, 0.29) is 0 Å². The summed E-state index contributed by atoms with van der Waals surface area (Å²) in [7, 11) is 2.00. The lowest BCUT2D eigenvalue weighted by Gasteiger charge is -2.08. The minimum absolute atomic E-state index is 0.569. The molecule has 0 amide bonds. The van der Waals surface area contributed by atoms with Gasteiger partial charge in [0.05, 0.1) is 11.2 Å². The Morgan fingerprint density at radius 2 is 2.00 bits per heavy atom. The SMILES string of the molecule is CC(C)NCCCNCc1nn(C)c2ccccc12. The highest BCUT2D eigenvalue weighted by Crippen LogP contribution is 2.16. The van der Waals surface area contributed by atoms with Gasteiger partial charge in [0, 0.05) is 25.0 Å². The monoisotopic (exact) mass is 260 g/mol. The van der Waals surface area contributed by atoms with E-state index in [9.17, 15) is 0 Å². The first kappa shape index (κ1) is 14.0. The van der Waals surface area contributed by atoms with Gasteiger partial charge in [-0.05, 0) is 25.6 Å². The van der Waals surface area contributed by atoms with Gasteiger partial charge in [-0.25, -0.2) is 0 Å². The molecule has 0 atom stereocenters. The van der Waals surface area contributed by atoms with Gasteiger partial charge in [-0.15, -0.1) is 0 Å². The van der Waals surface area contributed by atoms with Crippen LogP contribution in [0.3, 0.4) is 0 Å². The second kappa shape index (κ2) is 6.68. The molecule has 0 aliphatic carbocycles. The van der Waals surface area contributed by atoms with Crippen molar-refractivity contribution in [3.05, 3.63) is 30.0 Å². The number of nitrogens with one attached hydrogen (secondary N) is 2. The highest BCUT2D eigenvalue weighted by atomic mass is 15.3. The zero-order chi connectivity index (χ0) is 13.7. The fourth-order valence-electron chi connectivity index (χ4n) is 2.23. The van der Waals surface area contributed by atoms with Crippen LogP contribution in [-0.2, 0) is 13.6 Å². The third kappa shape index (κ3) is 3.78. The van der Waals surface area contributed by atoms with Gasteiger partial charge in [0.25, 0.3) is 0 Å². The molecule has 4 nitrogen and oxygen atoms in total. The molecule has 19 heavy (non-hydrogen) atoms. The number of hydrogen-bond acceptors (Lipinski definition) is 3. The molecule has 0 radical (unpaired) electrons. The fourth-order valence-corrected chi connectivity index (χ4v) is 2.23. The van der Waals surface area contributed by atoms with Crippen LogP contribution >= 0.6 is 0 Å². The molecule has 1 aromatic heterocycles. The number of nitrogens with zero attached hydrogens (tertiary/aromatic N) is 2. The molecule has 1 heterocycles. The van der Waals surface area contributed by atoms with E-state index in [1.165, 1.54) is 10.9 Å². The summed E-state index contributed by atoms with van der Waals surface area (Å²) in [5.74, 6) is 0.